The fraction of sp³-hybridized carbons (Fsp3) is 0.500. The van der Waals surface area contributed by atoms with Crippen molar-refractivity contribution in [1.82, 2.24) is 15.3 Å². The fourth-order valence-electron chi connectivity index (χ4n) is 2.11. The van der Waals surface area contributed by atoms with Crippen LogP contribution in [0.5, 0.6) is 0 Å². The first-order valence-electron chi connectivity index (χ1n) is 6.07. The van der Waals surface area contributed by atoms with Crippen LogP contribution in [-0.2, 0) is 9.59 Å². The molecule has 102 valence electrons. The largest absolute Gasteiger partial charge is 0.373 e. The van der Waals surface area contributed by atoms with Gasteiger partial charge in [-0.25, -0.2) is 9.97 Å². The molecule has 0 radical (unpaired) electrons. The van der Waals surface area contributed by atoms with Gasteiger partial charge >= 0.3 is 0 Å². The maximum Gasteiger partial charge on any atom is 0.249 e. The van der Waals surface area contributed by atoms with E-state index in [2.05, 4.69) is 20.6 Å². The number of aryl methyl sites for hydroxylation is 1. The molecule has 0 saturated carbocycles. The summed E-state index contributed by atoms with van der Waals surface area (Å²) in [5.74, 6) is 1.29. The normalized spacial score (nSPS) is 19.4. The zero-order chi connectivity index (χ0) is 14.2. The van der Waals surface area contributed by atoms with Crippen molar-refractivity contribution in [3.63, 3.8) is 0 Å². The monoisotopic (exact) mass is 263 g/mol. The molecule has 2 amide bonds. The number of nitrogens with one attached hydrogen (secondary N) is 2. The summed E-state index contributed by atoms with van der Waals surface area (Å²) in [6.07, 6.45) is 0. The molecular weight excluding hydrogens is 246 g/mol. The van der Waals surface area contributed by atoms with Crippen molar-refractivity contribution >= 4 is 23.5 Å². The van der Waals surface area contributed by atoms with Crippen LogP contribution < -0.4 is 15.5 Å². The van der Waals surface area contributed by atoms with Gasteiger partial charge < -0.3 is 10.2 Å². The summed E-state index contributed by atoms with van der Waals surface area (Å²) in [6.45, 7) is 5.51. The lowest BCUT2D eigenvalue weighted by Gasteiger charge is -2.33. The molecule has 0 bridgehead atoms. The highest BCUT2D eigenvalue weighted by Gasteiger charge is 2.32. The van der Waals surface area contributed by atoms with E-state index in [1.54, 1.807) is 25.8 Å². The lowest BCUT2D eigenvalue weighted by Crippen LogP contribution is -2.57. The van der Waals surface area contributed by atoms with Gasteiger partial charge in [-0.05, 0) is 20.8 Å². The summed E-state index contributed by atoms with van der Waals surface area (Å²) >= 11 is 0. The van der Waals surface area contributed by atoms with Crippen LogP contribution in [0.1, 0.15) is 18.3 Å². The van der Waals surface area contributed by atoms with Gasteiger partial charge in [0.25, 0.3) is 0 Å². The van der Waals surface area contributed by atoms with E-state index in [4.69, 9.17) is 0 Å². The molecule has 0 aromatic carbocycles. The van der Waals surface area contributed by atoms with Crippen LogP contribution in [0, 0.1) is 13.8 Å². The van der Waals surface area contributed by atoms with E-state index in [1.165, 1.54) is 0 Å². The number of hydrogen-bond donors (Lipinski definition) is 2. The minimum atomic E-state index is -0.435. The van der Waals surface area contributed by atoms with Gasteiger partial charge in [-0.1, -0.05) is 0 Å². The van der Waals surface area contributed by atoms with Gasteiger partial charge in [0, 0.05) is 12.6 Å². The molecule has 19 heavy (non-hydrogen) atoms. The number of hydrogen-bond acceptors (Lipinski definition) is 6. The summed E-state index contributed by atoms with van der Waals surface area (Å²) in [5, 5.41) is 5.30. The number of piperazine rings is 1. The molecule has 1 atom stereocenters. The average molecular weight is 263 g/mol. The Hall–Kier alpha value is -2.18. The second kappa shape index (κ2) is 4.83. The summed E-state index contributed by atoms with van der Waals surface area (Å²) in [7, 11) is 1.77. The summed E-state index contributed by atoms with van der Waals surface area (Å²) < 4.78 is 0. The summed E-state index contributed by atoms with van der Waals surface area (Å²) in [4.78, 5) is 33.6. The highest BCUT2D eigenvalue weighted by Crippen LogP contribution is 2.25. The number of rotatable bonds is 2. The van der Waals surface area contributed by atoms with Gasteiger partial charge in [-0.3, -0.25) is 14.9 Å². The molecule has 1 aliphatic rings. The molecule has 2 N–H and O–H groups in total. The van der Waals surface area contributed by atoms with Crippen LogP contribution in [0.2, 0.25) is 0 Å². The molecule has 7 heteroatoms. The van der Waals surface area contributed by atoms with E-state index in [0.29, 0.717) is 17.5 Å². The van der Waals surface area contributed by atoms with Crippen molar-refractivity contribution in [1.29, 1.82) is 0 Å². The first kappa shape index (κ1) is 13.3. The Balaban J connectivity index is 2.48. The third-order valence-corrected chi connectivity index (χ3v) is 3.16. The van der Waals surface area contributed by atoms with Gasteiger partial charge in [-0.15, -0.1) is 0 Å². The van der Waals surface area contributed by atoms with Gasteiger partial charge in [0.15, 0.2) is 0 Å². The Bertz CT molecular complexity index is 543. The molecule has 1 aromatic heterocycles. The van der Waals surface area contributed by atoms with Crippen molar-refractivity contribution in [2.75, 3.05) is 23.8 Å². The first-order valence-corrected chi connectivity index (χ1v) is 6.07. The van der Waals surface area contributed by atoms with Crippen LogP contribution >= 0.6 is 0 Å². The van der Waals surface area contributed by atoms with E-state index in [-0.39, 0.29) is 18.4 Å². The van der Waals surface area contributed by atoms with Gasteiger partial charge in [-0.2, -0.15) is 0 Å². The Kier molecular flexibility index (Phi) is 3.37. The molecule has 7 nitrogen and oxygen atoms in total. The second-order valence-corrected chi connectivity index (χ2v) is 4.53. The summed E-state index contributed by atoms with van der Waals surface area (Å²) in [5.41, 5.74) is 0.822. The van der Waals surface area contributed by atoms with Crippen LogP contribution in [0.25, 0.3) is 0 Å². The SMILES string of the molecule is CNc1nc(C)nc(N2CC(=O)NC(=O)C2C)c1C. The molecule has 1 aromatic rings. The average Bonchev–Trinajstić information content (AvgIpc) is 2.36. The second-order valence-electron chi connectivity index (χ2n) is 4.53. The first-order chi connectivity index (χ1) is 8.93. The Morgan fingerprint density at radius 3 is 2.63 bits per heavy atom. The third-order valence-electron chi connectivity index (χ3n) is 3.16. The number of imide groups is 1. The lowest BCUT2D eigenvalue weighted by atomic mass is 10.1. The van der Waals surface area contributed by atoms with E-state index < -0.39 is 6.04 Å². The minimum absolute atomic E-state index is 0.118. The number of carbonyl (C=O) groups excluding carboxylic acids is 2. The van der Waals surface area contributed by atoms with Crippen LogP contribution in [0.15, 0.2) is 0 Å². The predicted octanol–water partition coefficient (Wildman–Crippen LogP) is -0.0136. The quantitative estimate of drug-likeness (QED) is 0.730. The van der Waals surface area contributed by atoms with E-state index in [0.717, 1.165) is 5.56 Å². The minimum Gasteiger partial charge on any atom is -0.373 e. The number of aromatic nitrogens is 2. The van der Waals surface area contributed by atoms with E-state index in [9.17, 15) is 9.59 Å². The maximum atomic E-state index is 11.7. The Labute approximate surface area is 111 Å². The standard InChI is InChI=1S/C12H17N5O2/c1-6-10(13-4)14-8(3)15-11(6)17-5-9(18)16-12(19)7(17)2/h7H,5H2,1-4H3,(H,13,14,15)(H,16,18,19). The molecule has 0 spiro atoms. The molecule has 1 saturated heterocycles. The van der Waals surface area contributed by atoms with Crippen molar-refractivity contribution in [3.05, 3.63) is 11.4 Å². The van der Waals surface area contributed by atoms with Crippen molar-refractivity contribution in [3.8, 4) is 0 Å². The van der Waals surface area contributed by atoms with Gasteiger partial charge in [0.2, 0.25) is 11.8 Å². The Morgan fingerprint density at radius 2 is 2.00 bits per heavy atom. The molecule has 1 aliphatic heterocycles. The van der Waals surface area contributed by atoms with Crippen LogP contribution in [-0.4, -0.2) is 41.4 Å². The molecule has 1 fully saturated rings. The highest BCUT2D eigenvalue weighted by molar-refractivity contribution is 6.04. The maximum absolute atomic E-state index is 11.7. The summed E-state index contributed by atoms with van der Waals surface area (Å²) in [6, 6.07) is -0.435. The molecule has 1 unspecified atom stereocenters. The van der Waals surface area contributed by atoms with E-state index >= 15 is 0 Å². The molecule has 2 heterocycles. The number of amides is 2. The number of carbonyl (C=O) groups is 2. The Morgan fingerprint density at radius 1 is 1.32 bits per heavy atom. The van der Waals surface area contributed by atoms with Gasteiger partial charge in [0.1, 0.15) is 23.5 Å². The van der Waals surface area contributed by atoms with Crippen molar-refractivity contribution in [2.45, 2.75) is 26.8 Å². The fourth-order valence-corrected chi connectivity index (χ4v) is 2.11. The molecule has 0 aliphatic carbocycles. The zero-order valence-corrected chi connectivity index (χ0v) is 11.4. The number of nitrogens with zero attached hydrogens (tertiary/aromatic N) is 3. The zero-order valence-electron chi connectivity index (χ0n) is 11.4. The van der Waals surface area contributed by atoms with Gasteiger partial charge in [0.05, 0.1) is 6.54 Å². The lowest BCUT2D eigenvalue weighted by molar-refractivity contribution is -0.132. The smallest absolute Gasteiger partial charge is 0.249 e. The highest BCUT2D eigenvalue weighted by atomic mass is 16.2. The molecule has 2 rings (SSSR count). The van der Waals surface area contributed by atoms with Crippen molar-refractivity contribution in [2.24, 2.45) is 0 Å². The molecular formula is C12H17N5O2. The number of anilines is 2. The van der Waals surface area contributed by atoms with Crippen molar-refractivity contribution < 1.29 is 9.59 Å². The van der Waals surface area contributed by atoms with Crippen LogP contribution in [0.4, 0.5) is 11.6 Å². The topological polar surface area (TPSA) is 87.2 Å². The van der Waals surface area contributed by atoms with E-state index in [1.807, 2.05) is 6.92 Å². The predicted molar refractivity (Wildman–Crippen MR) is 71.0 cm³/mol. The van der Waals surface area contributed by atoms with Crippen LogP contribution in [0.3, 0.4) is 0 Å². The third kappa shape index (κ3) is 2.35.